The highest BCUT2D eigenvalue weighted by Crippen LogP contribution is 2.32. The van der Waals surface area contributed by atoms with E-state index < -0.39 is 6.16 Å². The zero-order chi connectivity index (χ0) is 25.9. The number of benzene rings is 2. The molecule has 1 aliphatic rings. The van der Waals surface area contributed by atoms with Crippen molar-refractivity contribution >= 4 is 29.2 Å². The Morgan fingerprint density at radius 1 is 1.00 bits per heavy atom. The van der Waals surface area contributed by atoms with Gasteiger partial charge in [-0.2, -0.15) is 0 Å². The molecule has 1 saturated heterocycles. The lowest BCUT2D eigenvalue weighted by Gasteiger charge is -2.31. The fraction of sp³-hybridized carbons (Fsp3) is 0.357. The number of hydrogen-bond acceptors (Lipinski definition) is 7. The molecule has 0 saturated carbocycles. The van der Waals surface area contributed by atoms with Crippen LogP contribution < -0.4 is 10.1 Å². The van der Waals surface area contributed by atoms with Crippen LogP contribution in [0.25, 0.3) is 0 Å². The van der Waals surface area contributed by atoms with Crippen molar-refractivity contribution < 1.29 is 23.8 Å². The number of amides is 2. The van der Waals surface area contributed by atoms with Gasteiger partial charge in [0.25, 0.3) is 0 Å². The van der Waals surface area contributed by atoms with E-state index in [0.29, 0.717) is 37.1 Å². The van der Waals surface area contributed by atoms with Gasteiger partial charge in [-0.3, -0.25) is 4.90 Å². The summed E-state index contributed by atoms with van der Waals surface area (Å²) in [5.41, 5.74) is 2.88. The zero-order valence-corrected chi connectivity index (χ0v) is 21.8. The van der Waals surface area contributed by atoms with Gasteiger partial charge in [0, 0.05) is 38.6 Å². The number of anilines is 1. The standard InChI is InChI=1S/C28H33N3O5S/c1-34-28(33)36-26-25(13-21-37-26)29-27(32)31(16-15-30-17-19-35-20-18-30)14-12-24(22-8-4-2-5-9-22)23-10-6-3-7-11-23/h2-11,13,21,24H,12,14-20H2,1H3,(H,29,32). The molecule has 2 aromatic carbocycles. The second kappa shape index (κ2) is 13.8. The fourth-order valence-electron chi connectivity index (χ4n) is 4.36. The van der Waals surface area contributed by atoms with E-state index in [1.165, 1.54) is 29.6 Å². The molecule has 2 heterocycles. The molecule has 0 spiro atoms. The summed E-state index contributed by atoms with van der Waals surface area (Å²) in [5.74, 6) is 0.153. The lowest BCUT2D eigenvalue weighted by molar-refractivity contribution is 0.0351. The maximum absolute atomic E-state index is 13.5. The van der Waals surface area contributed by atoms with Gasteiger partial charge in [-0.15, -0.1) is 11.3 Å². The van der Waals surface area contributed by atoms with Crippen LogP contribution in [-0.4, -0.2) is 75.0 Å². The summed E-state index contributed by atoms with van der Waals surface area (Å²) in [7, 11) is 1.25. The average Bonchev–Trinajstić information content (AvgIpc) is 3.38. The van der Waals surface area contributed by atoms with Crippen molar-refractivity contribution in [3.05, 3.63) is 83.2 Å². The summed E-state index contributed by atoms with van der Waals surface area (Å²) in [5, 5.41) is 4.98. The second-order valence-corrected chi connectivity index (χ2v) is 9.59. The molecule has 0 atom stereocenters. The molecular weight excluding hydrogens is 490 g/mol. The molecule has 1 N–H and O–H groups in total. The molecule has 2 amide bonds. The Bertz CT molecular complexity index is 1080. The average molecular weight is 524 g/mol. The smallest absolute Gasteiger partial charge is 0.437 e. The number of morpholine rings is 1. The molecule has 4 rings (SSSR count). The van der Waals surface area contributed by atoms with E-state index in [9.17, 15) is 9.59 Å². The molecule has 0 unspecified atom stereocenters. The monoisotopic (exact) mass is 523 g/mol. The first-order valence-electron chi connectivity index (χ1n) is 12.4. The number of nitrogens with one attached hydrogen (secondary N) is 1. The van der Waals surface area contributed by atoms with E-state index in [1.807, 2.05) is 41.3 Å². The number of hydrogen-bond donors (Lipinski definition) is 1. The summed E-state index contributed by atoms with van der Waals surface area (Å²) in [6.45, 7) is 5.01. The number of nitrogens with zero attached hydrogens (tertiary/aromatic N) is 2. The summed E-state index contributed by atoms with van der Waals surface area (Å²) in [6.07, 6.45) is -0.0598. The lowest BCUT2D eigenvalue weighted by atomic mass is 9.88. The largest absolute Gasteiger partial charge is 0.514 e. The van der Waals surface area contributed by atoms with E-state index in [-0.39, 0.29) is 11.9 Å². The Morgan fingerprint density at radius 3 is 2.27 bits per heavy atom. The van der Waals surface area contributed by atoms with Gasteiger partial charge in [0.2, 0.25) is 5.06 Å². The van der Waals surface area contributed by atoms with Crippen LogP contribution in [0.3, 0.4) is 0 Å². The molecule has 3 aromatic rings. The Hall–Kier alpha value is -3.40. The quantitative estimate of drug-likeness (QED) is 0.364. The van der Waals surface area contributed by atoms with Crippen LogP contribution in [0.5, 0.6) is 5.06 Å². The van der Waals surface area contributed by atoms with Crippen LogP contribution in [0.4, 0.5) is 15.3 Å². The van der Waals surface area contributed by atoms with E-state index in [1.54, 1.807) is 11.4 Å². The van der Waals surface area contributed by atoms with Gasteiger partial charge in [-0.25, -0.2) is 9.59 Å². The van der Waals surface area contributed by atoms with Crippen molar-refractivity contribution in [2.45, 2.75) is 12.3 Å². The summed E-state index contributed by atoms with van der Waals surface area (Å²) in [4.78, 5) is 29.2. The maximum atomic E-state index is 13.5. The first-order valence-corrected chi connectivity index (χ1v) is 13.3. The highest BCUT2D eigenvalue weighted by Gasteiger charge is 2.22. The highest BCUT2D eigenvalue weighted by atomic mass is 32.1. The van der Waals surface area contributed by atoms with Crippen molar-refractivity contribution in [3.63, 3.8) is 0 Å². The summed E-state index contributed by atoms with van der Waals surface area (Å²) >= 11 is 1.22. The normalized spacial score (nSPS) is 13.8. The number of thiophene rings is 1. The molecule has 8 nitrogen and oxygen atoms in total. The molecule has 196 valence electrons. The third-order valence-electron chi connectivity index (χ3n) is 6.38. The third kappa shape index (κ3) is 7.79. The SMILES string of the molecule is COC(=O)Oc1sccc1NC(=O)N(CCC(c1ccccc1)c1ccccc1)CCN1CCOCC1. The number of carbonyl (C=O) groups excluding carboxylic acids is 2. The Morgan fingerprint density at radius 2 is 1.65 bits per heavy atom. The first kappa shape index (κ1) is 26.7. The molecule has 1 fully saturated rings. The molecule has 37 heavy (non-hydrogen) atoms. The number of rotatable bonds is 10. The van der Waals surface area contributed by atoms with E-state index in [2.05, 4.69) is 39.2 Å². The van der Waals surface area contributed by atoms with Crippen LogP contribution in [0, 0.1) is 0 Å². The van der Waals surface area contributed by atoms with Crippen LogP contribution in [-0.2, 0) is 9.47 Å². The van der Waals surface area contributed by atoms with Gasteiger partial charge in [0.15, 0.2) is 0 Å². The van der Waals surface area contributed by atoms with Gasteiger partial charge >= 0.3 is 12.2 Å². The van der Waals surface area contributed by atoms with E-state index in [0.717, 1.165) is 26.1 Å². The van der Waals surface area contributed by atoms with Gasteiger partial charge in [-0.05, 0) is 29.0 Å². The first-order chi connectivity index (χ1) is 18.1. The van der Waals surface area contributed by atoms with E-state index in [4.69, 9.17) is 9.47 Å². The molecule has 9 heteroatoms. The van der Waals surface area contributed by atoms with Gasteiger partial charge in [0.05, 0.1) is 26.0 Å². The molecule has 1 aliphatic heterocycles. The molecule has 1 aromatic heterocycles. The Labute approximate surface area is 221 Å². The minimum atomic E-state index is -0.823. The molecule has 0 radical (unpaired) electrons. The number of carbonyl (C=O) groups is 2. The van der Waals surface area contributed by atoms with E-state index >= 15 is 0 Å². The third-order valence-corrected chi connectivity index (χ3v) is 7.17. The van der Waals surface area contributed by atoms with Crippen molar-refractivity contribution in [1.82, 2.24) is 9.80 Å². The van der Waals surface area contributed by atoms with Crippen LogP contribution in [0.15, 0.2) is 72.1 Å². The minimum Gasteiger partial charge on any atom is -0.437 e. The molecule has 0 aliphatic carbocycles. The van der Waals surface area contributed by atoms with Crippen molar-refractivity contribution in [2.75, 3.05) is 58.4 Å². The zero-order valence-electron chi connectivity index (χ0n) is 21.0. The summed E-state index contributed by atoms with van der Waals surface area (Å²) in [6, 6.07) is 22.3. The van der Waals surface area contributed by atoms with Gasteiger partial charge in [0.1, 0.15) is 0 Å². The lowest BCUT2D eigenvalue weighted by Crippen LogP contribution is -2.44. The highest BCUT2D eigenvalue weighted by molar-refractivity contribution is 7.12. The molecular formula is C28H33N3O5S. The predicted octanol–water partition coefficient (Wildman–Crippen LogP) is 5.28. The van der Waals surface area contributed by atoms with Crippen molar-refractivity contribution in [3.8, 4) is 5.06 Å². The molecule has 0 bridgehead atoms. The van der Waals surface area contributed by atoms with Gasteiger partial charge in [-0.1, -0.05) is 60.7 Å². The van der Waals surface area contributed by atoms with Crippen LogP contribution in [0.2, 0.25) is 0 Å². The number of ether oxygens (including phenoxy) is 3. The number of methoxy groups -OCH3 is 1. The van der Waals surface area contributed by atoms with Crippen molar-refractivity contribution in [1.29, 1.82) is 0 Å². The van der Waals surface area contributed by atoms with Gasteiger partial charge < -0.3 is 24.4 Å². The topological polar surface area (TPSA) is 80.3 Å². The predicted molar refractivity (Wildman–Crippen MR) is 145 cm³/mol. The summed E-state index contributed by atoms with van der Waals surface area (Å²) < 4.78 is 15.2. The number of urea groups is 1. The minimum absolute atomic E-state index is 0.153. The van der Waals surface area contributed by atoms with Crippen molar-refractivity contribution in [2.24, 2.45) is 0 Å². The Balaban J connectivity index is 1.49. The van der Waals surface area contributed by atoms with Crippen LogP contribution >= 0.6 is 11.3 Å². The fourth-order valence-corrected chi connectivity index (χ4v) is 5.05. The van der Waals surface area contributed by atoms with Crippen LogP contribution in [0.1, 0.15) is 23.5 Å². The second-order valence-electron chi connectivity index (χ2n) is 8.71. The Kier molecular flexibility index (Phi) is 9.93. The maximum Gasteiger partial charge on any atom is 0.514 e.